The number of fused-ring (bicyclic) bond motifs is 6. The van der Waals surface area contributed by atoms with Crippen molar-refractivity contribution in [2.75, 3.05) is 39.3 Å². The quantitative estimate of drug-likeness (QED) is 0.204. The molecule has 0 spiro atoms. The number of halogens is 2. The number of piperidine rings is 6. The molecule has 6 aromatic carbocycles. The molecule has 6 nitrogen and oxygen atoms in total. The van der Waals surface area contributed by atoms with Gasteiger partial charge in [-0.2, -0.15) is 10.5 Å². The minimum atomic E-state index is -0.979. The molecule has 0 aliphatic carbocycles. The molecule has 4 bridgehead atoms. The van der Waals surface area contributed by atoms with E-state index in [1.807, 2.05) is 109 Å². The first-order chi connectivity index (χ1) is 30.2. The summed E-state index contributed by atoms with van der Waals surface area (Å²) in [7, 11) is 0. The molecule has 6 heterocycles. The van der Waals surface area contributed by atoms with Crippen LogP contribution < -0.4 is 34.0 Å². The average Bonchev–Trinajstić information content (AvgIpc) is 3.35. The smallest absolute Gasteiger partial charge is 0.121 e. The molecule has 6 aromatic rings. The Morgan fingerprint density at radius 1 is 0.406 bits per heavy atom. The highest BCUT2D eigenvalue weighted by atomic mass is 79.9. The Bertz CT molecular complexity index is 2270. The highest BCUT2D eigenvalue weighted by Gasteiger charge is 2.61. The van der Waals surface area contributed by atoms with Crippen LogP contribution in [0.1, 0.15) is 83.0 Å². The molecule has 0 amide bonds. The van der Waals surface area contributed by atoms with E-state index in [9.17, 15) is 20.7 Å². The minimum Gasteiger partial charge on any atom is -1.00 e. The van der Waals surface area contributed by atoms with Crippen LogP contribution in [0.25, 0.3) is 0 Å². The molecular formula is C56H58Br2N4O2. The summed E-state index contributed by atoms with van der Waals surface area (Å²) in [4.78, 5) is 0. The fourth-order valence-electron chi connectivity index (χ4n) is 12.2. The second-order valence-electron chi connectivity index (χ2n) is 18.9. The summed E-state index contributed by atoms with van der Waals surface area (Å²) in [5, 5.41) is 43.4. The molecule has 6 saturated heterocycles. The van der Waals surface area contributed by atoms with Gasteiger partial charge in [-0.3, -0.25) is 0 Å². The van der Waals surface area contributed by atoms with Gasteiger partial charge in [0.15, 0.2) is 0 Å². The molecule has 6 aliphatic rings. The van der Waals surface area contributed by atoms with E-state index in [-0.39, 0.29) is 44.8 Å². The van der Waals surface area contributed by atoms with Gasteiger partial charge in [0.25, 0.3) is 0 Å². The monoisotopic (exact) mass is 976 g/mol. The van der Waals surface area contributed by atoms with Crippen molar-refractivity contribution in [3.63, 3.8) is 0 Å². The average molecular weight is 979 g/mol. The Kier molecular flexibility index (Phi) is 14.2. The molecule has 12 rings (SSSR count). The van der Waals surface area contributed by atoms with Gasteiger partial charge in [0.2, 0.25) is 0 Å². The van der Waals surface area contributed by atoms with Crippen LogP contribution >= 0.6 is 0 Å². The third-order valence-electron chi connectivity index (χ3n) is 15.8. The van der Waals surface area contributed by atoms with E-state index >= 15 is 0 Å². The topological polar surface area (TPSA) is 88.0 Å². The van der Waals surface area contributed by atoms with Gasteiger partial charge in [-0.25, -0.2) is 0 Å². The van der Waals surface area contributed by atoms with Crippen molar-refractivity contribution in [3.05, 3.63) is 214 Å². The van der Waals surface area contributed by atoms with Gasteiger partial charge < -0.3 is 53.1 Å². The molecule has 0 aromatic heterocycles. The van der Waals surface area contributed by atoms with Crippen molar-refractivity contribution in [2.24, 2.45) is 10.8 Å². The number of rotatable bonds is 10. The maximum Gasteiger partial charge on any atom is 0.121 e. The zero-order valence-corrected chi connectivity index (χ0v) is 39.7. The van der Waals surface area contributed by atoms with Gasteiger partial charge in [0.1, 0.15) is 24.3 Å². The molecule has 0 atom stereocenters. The van der Waals surface area contributed by atoms with Crippen LogP contribution in [0.4, 0.5) is 0 Å². The second-order valence-corrected chi connectivity index (χ2v) is 18.9. The lowest BCUT2D eigenvalue weighted by molar-refractivity contribution is -0.958. The first kappa shape index (κ1) is 47.1. The number of hydrogen-bond donors (Lipinski definition) is 2. The molecule has 6 fully saturated rings. The first-order valence-corrected chi connectivity index (χ1v) is 22.5. The van der Waals surface area contributed by atoms with Gasteiger partial charge in [0, 0.05) is 60.5 Å². The molecule has 0 radical (unpaired) electrons. The van der Waals surface area contributed by atoms with E-state index in [2.05, 4.69) is 72.8 Å². The lowest BCUT2D eigenvalue weighted by Crippen LogP contribution is -3.00. The van der Waals surface area contributed by atoms with E-state index < -0.39 is 11.2 Å². The third-order valence-corrected chi connectivity index (χ3v) is 15.8. The lowest BCUT2D eigenvalue weighted by Gasteiger charge is -2.60. The van der Waals surface area contributed by atoms with Crippen molar-refractivity contribution in [2.45, 2.75) is 62.8 Å². The standard InChI is InChI=1S/2C28H29N2O.2BrH/c2*29-21-23-8-7-9-24(20-23)22-30-17-14-27(15-18-30,16-19-30)28(31,25-10-3-1-4-11-25)26-12-5-2-6-13-26;;/h2*1-13,20,31H,14-19,22H2;2*1H/q2*+1;;/p-2. The highest BCUT2D eigenvalue weighted by Crippen LogP contribution is 2.59. The number of aliphatic hydroxyl groups is 2. The van der Waals surface area contributed by atoms with Crippen LogP contribution in [0.3, 0.4) is 0 Å². The first-order valence-electron chi connectivity index (χ1n) is 22.5. The predicted molar refractivity (Wildman–Crippen MR) is 244 cm³/mol. The van der Waals surface area contributed by atoms with E-state index in [0.29, 0.717) is 0 Å². The van der Waals surface area contributed by atoms with Crippen molar-refractivity contribution in [3.8, 4) is 12.1 Å². The summed E-state index contributed by atoms with van der Waals surface area (Å²) in [5.74, 6) is 0. The largest absolute Gasteiger partial charge is 1.00 e. The lowest BCUT2D eigenvalue weighted by atomic mass is 9.56. The molecule has 0 unspecified atom stereocenters. The zero-order valence-electron chi connectivity index (χ0n) is 36.5. The number of quaternary nitrogens is 2. The van der Waals surface area contributed by atoms with Crippen LogP contribution in [0.5, 0.6) is 0 Å². The van der Waals surface area contributed by atoms with Crippen LogP contribution in [0.2, 0.25) is 0 Å². The van der Waals surface area contributed by atoms with Crippen molar-refractivity contribution in [1.82, 2.24) is 0 Å². The van der Waals surface area contributed by atoms with Crippen LogP contribution in [-0.4, -0.2) is 58.4 Å². The fourth-order valence-corrected chi connectivity index (χ4v) is 12.2. The van der Waals surface area contributed by atoms with Crippen LogP contribution in [-0.2, 0) is 24.3 Å². The van der Waals surface area contributed by atoms with Crippen LogP contribution in [0.15, 0.2) is 170 Å². The Balaban J connectivity index is 0.000000186. The van der Waals surface area contributed by atoms with E-state index in [4.69, 9.17) is 0 Å². The zero-order chi connectivity index (χ0) is 42.7. The number of benzene rings is 6. The van der Waals surface area contributed by atoms with Crippen molar-refractivity contribution in [1.29, 1.82) is 10.5 Å². The van der Waals surface area contributed by atoms with Gasteiger partial charge in [-0.15, -0.1) is 0 Å². The maximum absolute atomic E-state index is 12.5. The van der Waals surface area contributed by atoms with Gasteiger partial charge in [0.05, 0.1) is 62.5 Å². The van der Waals surface area contributed by atoms with E-state index in [1.165, 1.54) is 11.1 Å². The van der Waals surface area contributed by atoms with Gasteiger partial charge in [-0.05, 0) is 46.5 Å². The minimum absolute atomic E-state index is 0. The highest BCUT2D eigenvalue weighted by molar-refractivity contribution is 5.41. The molecule has 0 saturated carbocycles. The molecule has 64 heavy (non-hydrogen) atoms. The van der Waals surface area contributed by atoms with Crippen molar-refractivity contribution >= 4 is 0 Å². The van der Waals surface area contributed by atoms with Gasteiger partial charge >= 0.3 is 0 Å². The normalized spacial score (nSPS) is 24.4. The summed E-state index contributed by atoms with van der Waals surface area (Å²) < 4.78 is 2.13. The summed E-state index contributed by atoms with van der Waals surface area (Å²) in [6, 6.07) is 61.7. The Hall–Kier alpha value is -4.90. The Morgan fingerprint density at radius 2 is 0.672 bits per heavy atom. The molecule has 328 valence electrons. The molecular weight excluding hydrogens is 920 g/mol. The fraction of sp³-hybridized carbons (Fsp3) is 0.321. The SMILES string of the molecule is N#Cc1cccc(C[N+]23CCC(C(O)(c4ccccc4)c4ccccc4)(CC2)CC3)c1.N#Cc1cccc(C[N+]23CCC(C(O)(c4ccccc4)c4ccccc4)(CC2)CC3)c1.[Br-].[Br-]. The maximum atomic E-state index is 12.5. The molecule has 8 heteroatoms. The number of nitriles is 2. The number of hydrogen-bond acceptors (Lipinski definition) is 4. The number of nitrogens with zero attached hydrogens (tertiary/aromatic N) is 4. The van der Waals surface area contributed by atoms with E-state index in [1.54, 1.807) is 0 Å². The Labute approximate surface area is 400 Å². The van der Waals surface area contributed by atoms with Gasteiger partial charge in [-0.1, -0.05) is 146 Å². The summed E-state index contributed by atoms with van der Waals surface area (Å²) in [6.07, 6.45) is 6.03. The Morgan fingerprint density at radius 3 is 0.922 bits per heavy atom. The van der Waals surface area contributed by atoms with E-state index in [0.717, 1.165) is 133 Å². The summed E-state index contributed by atoms with van der Waals surface area (Å²) in [6.45, 7) is 8.36. The van der Waals surface area contributed by atoms with Crippen molar-refractivity contribution < 1.29 is 53.1 Å². The molecule has 6 aliphatic heterocycles. The third kappa shape index (κ3) is 8.54. The summed E-state index contributed by atoms with van der Waals surface area (Å²) >= 11 is 0. The summed E-state index contributed by atoms with van der Waals surface area (Å²) in [5.41, 5.74) is 5.73. The predicted octanol–water partition coefficient (Wildman–Crippen LogP) is 4.00. The van der Waals surface area contributed by atoms with Crippen LogP contribution in [0, 0.1) is 33.5 Å². The molecule has 2 N–H and O–H groups in total. The second kappa shape index (κ2) is 19.3.